The van der Waals surface area contributed by atoms with Crippen molar-refractivity contribution in [3.63, 3.8) is 0 Å². The largest absolute Gasteiger partial charge is 0.308 e. The Bertz CT molecular complexity index is 554. The van der Waals surface area contributed by atoms with Crippen molar-refractivity contribution in [2.45, 2.75) is 32.7 Å². The van der Waals surface area contributed by atoms with Gasteiger partial charge in [0.15, 0.2) is 0 Å². The van der Waals surface area contributed by atoms with Gasteiger partial charge in [0.25, 0.3) is 0 Å². The summed E-state index contributed by atoms with van der Waals surface area (Å²) < 4.78 is 1.13. The Kier molecular flexibility index (Phi) is 5.74. The van der Waals surface area contributed by atoms with Gasteiger partial charge in [-0.3, -0.25) is 4.98 Å². The van der Waals surface area contributed by atoms with Crippen molar-refractivity contribution in [2.24, 2.45) is 0 Å². The molecule has 1 aromatic heterocycles. The van der Waals surface area contributed by atoms with E-state index < -0.39 is 0 Å². The number of hydrogen-bond acceptors (Lipinski definition) is 2. The minimum absolute atomic E-state index is 0.269. The number of aromatic nitrogens is 1. The second-order valence-corrected chi connectivity index (χ2v) is 5.96. The number of aryl methyl sites for hydroxylation is 1. The number of rotatable bonds is 6. The third kappa shape index (κ3) is 4.15. The van der Waals surface area contributed by atoms with Crippen molar-refractivity contribution in [3.05, 3.63) is 63.9 Å². The zero-order valence-corrected chi connectivity index (χ0v) is 13.7. The number of hydrogen-bond donors (Lipinski definition) is 1. The van der Waals surface area contributed by atoms with Crippen LogP contribution >= 0.6 is 15.9 Å². The van der Waals surface area contributed by atoms with Gasteiger partial charge in [0.1, 0.15) is 0 Å². The van der Waals surface area contributed by atoms with Gasteiger partial charge < -0.3 is 5.32 Å². The quantitative estimate of drug-likeness (QED) is 0.846. The van der Waals surface area contributed by atoms with E-state index in [-0.39, 0.29) is 6.04 Å². The lowest BCUT2D eigenvalue weighted by Crippen LogP contribution is -2.25. The average Bonchev–Trinajstić information content (AvgIpc) is 2.44. The summed E-state index contributed by atoms with van der Waals surface area (Å²) in [5, 5.41) is 3.62. The van der Waals surface area contributed by atoms with Crippen LogP contribution in [-0.2, 0) is 6.42 Å². The van der Waals surface area contributed by atoms with Gasteiger partial charge in [-0.05, 0) is 55.6 Å². The molecule has 106 valence electrons. The zero-order chi connectivity index (χ0) is 14.4. The van der Waals surface area contributed by atoms with Crippen molar-refractivity contribution in [2.75, 3.05) is 6.54 Å². The van der Waals surface area contributed by atoms with Crippen LogP contribution in [0, 0.1) is 6.92 Å². The molecular formula is C17H21BrN2. The Morgan fingerprint density at radius 1 is 1.25 bits per heavy atom. The van der Waals surface area contributed by atoms with Gasteiger partial charge >= 0.3 is 0 Å². The number of nitrogens with zero attached hydrogens (tertiary/aromatic N) is 1. The Morgan fingerprint density at radius 3 is 2.80 bits per heavy atom. The van der Waals surface area contributed by atoms with Crippen LogP contribution in [0.25, 0.3) is 0 Å². The van der Waals surface area contributed by atoms with Crippen molar-refractivity contribution < 1.29 is 0 Å². The Labute approximate surface area is 129 Å². The molecule has 0 aliphatic carbocycles. The standard InChI is InChI=1S/C17H21BrN2/c1-3-9-19-16(17-13(2)6-5-10-20-17)12-14-7-4-8-15(18)11-14/h4-8,10-11,16,19H,3,9,12H2,1-2H3. The van der Waals surface area contributed by atoms with Crippen molar-refractivity contribution in [3.8, 4) is 0 Å². The van der Waals surface area contributed by atoms with Gasteiger partial charge in [0.05, 0.1) is 11.7 Å². The Morgan fingerprint density at radius 2 is 2.10 bits per heavy atom. The number of benzene rings is 1. The average molecular weight is 333 g/mol. The maximum absolute atomic E-state index is 4.58. The number of pyridine rings is 1. The molecule has 0 fully saturated rings. The van der Waals surface area contributed by atoms with E-state index in [1.807, 2.05) is 12.3 Å². The third-order valence-electron chi connectivity index (χ3n) is 3.35. The zero-order valence-electron chi connectivity index (χ0n) is 12.1. The normalized spacial score (nSPS) is 12.3. The highest BCUT2D eigenvalue weighted by molar-refractivity contribution is 9.10. The fourth-order valence-electron chi connectivity index (χ4n) is 2.35. The van der Waals surface area contributed by atoms with Crippen molar-refractivity contribution in [1.82, 2.24) is 10.3 Å². The van der Waals surface area contributed by atoms with Gasteiger partial charge in [-0.15, -0.1) is 0 Å². The van der Waals surface area contributed by atoms with Gasteiger partial charge in [0.2, 0.25) is 0 Å². The summed E-state index contributed by atoms with van der Waals surface area (Å²) in [6.45, 7) is 5.33. The van der Waals surface area contributed by atoms with E-state index in [2.05, 4.69) is 70.4 Å². The second-order valence-electron chi connectivity index (χ2n) is 5.05. The van der Waals surface area contributed by atoms with E-state index in [1.165, 1.54) is 11.1 Å². The molecule has 0 saturated carbocycles. The molecule has 1 N–H and O–H groups in total. The van der Waals surface area contributed by atoms with Crippen LogP contribution in [0.1, 0.15) is 36.2 Å². The first-order valence-corrected chi connectivity index (χ1v) is 7.89. The molecule has 2 nitrogen and oxygen atoms in total. The van der Waals surface area contributed by atoms with Crippen LogP contribution in [0.2, 0.25) is 0 Å². The fraction of sp³-hybridized carbons (Fsp3) is 0.353. The summed E-state index contributed by atoms with van der Waals surface area (Å²) in [7, 11) is 0. The molecular weight excluding hydrogens is 312 g/mol. The van der Waals surface area contributed by atoms with Crippen LogP contribution in [0.15, 0.2) is 47.1 Å². The summed E-state index contributed by atoms with van der Waals surface area (Å²) in [6, 6.07) is 12.9. The first-order valence-electron chi connectivity index (χ1n) is 7.10. The van der Waals surface area contributed by atoms with E-state index in [0.29, 0.717) is 0 Å². The maximum atomic E-state index is 4.58. The minimum Gasteiger partial charge on any atom is -0.308 e. The lowest BCUT2D eigenvalue weighted by Gasteiger charge is -2.20. The molecule has 0 aliphatic rings. The predicted molar refractivity (Wildman–Crippen MR) is 87.9 cm³/mol. The van der Waals surface area contributed by atoms with E-state index in [4.69, 9.17) is 0 Å². The summed E-state index contributed by atoms with van der Waals surface area (Å²) in [6.07, 6.45) is 3.96. The highest BCUT2D eigenvalue weighted by atomic mass is 79.9. The molecule has 20 heavy (non-hydrogen) atoms. The van der Waals surface area contributed by atoms with Gasteiger partial charge in [-0.1, -0.05) is 41.1 Å². The maximum Gasteiger partial charge on any atom is 0.0605 e. The van der Waals surface area contributed by atoms with Crippen LogP contribution in [-0.4, -0.2) is 11.5 Å². The van der Waals surface area contributed by atoms with E-state index in [0.717, 1.165) is 29.6 Å². The summed E-state index contributed by atoms with van der Waals surface area (Å²) in [5.41, 5.74) is 3.72. The molecule has 0 bridgehead atoms. The molecule has 0 saturated heterocycles. The molecule has 3 heteroatoms. The Balaban J connectivity index is 2.22. The first-order chi connectivity index (χ1) is 9.70. The monoisotopic (exact) mass is 332 g/mol. The van der Waals surface area contributed by atoms with Gasteiger partial charge in [-0.2, -0.15) is 0 Å². The van der Waals surface area contributed by atoms with E-state index in [9.17, 15) is 0 Å². The molecule has 1 aromatic carbocycles. The van der Waals surface area contributed by atoms with Crippen LogP contribution < -0.4 is 5.32 Å². The summed E-state index contributed by atoms with van der Waals surface area (Å²) in [5.74, 6) is 0. The fourth-order valence-corrected chi connectivity index (χ4v) is 2.79. The lowest BCUT2D eigenvalue weighted by molar-refractivity contribution is 0.515. The molecule has 0 amide bonds. The number of halogens is 1. The highest BCUT2D eigenvalue weighted by Crippen LogP contribution is 2.21. The van der Waals surface area contributed by atoms with E-state index >= 15 is 0 Å². The SMILES string of the molecule is CCCNC(Cc1cccc(Br)c1)c1ncccc1C. The molecule has 0 spiro atoms. The molecule has 1 heterocycles. The highest BCUT2D eigenvalue weighted by Gasteiger charge is 2.15. The minimum atomic E-state index is 0.269. The summed E-state index contributed by atoms with van der Waals surface area (Å²) >= 11 is 3.54. The van der Waals surface area contributed by atoms with Crippen LogP contribution in [0.3, 0.4) is 0 Å². The van der Waals surface area contributed by atoms with Gasteiger partial charge in [0, 0.05) is 10.7 Å². The first kappa shape index (κ1) is 15.2. The van der Waals surface area contributed by atoms with Crippen molar-refractivity contribution in [1.29, 1.82) is 0 Å². The summed E-state index contributed by atoms with van der Waals surface area (Å²) in [4.78, 5) is 4.58. The molecule has 2 rings (SSSR count). The lowest BCUT2D eigenvalue weighted by atomic mass is 10.00. The van der Waals surface area contributed by atoms with Gasteiger partial charge in [-0.25, -0.2) is 0 Å². The molecule has 2 aromatic rings. The molecule has 1 atom stereocenters. The molecule has 1 unspecified atom stereocenters. The van der Waals surface area contributed by atoms with Crippen LogP contribution in [0.4, 0.5) is 0 Å². The third-order valence-corrected chi connectivity index (χ3v) is 3.84. The predicted octanol–water partition coefficient (Wildman–Crippen LogP) is 4.44. The molecule has 0 aliphatic heterocycles. The second kappa shape index (κ2) is 7.55. The smallest absolute Gasteiger partial charge is 0.0605 e. The number of nitrogens with one attached hydrogen (secondary N) is 1. The Hall–Kier alpha value is -1.19. The van der Waals surface area contributed by atoms with Crippen molar-refractivity contribution >= 4 is 15.9 Å². The van der Waals surface area contributed by atoms with E-state index in [1.54, 1.807) is 0 Å². The van der Waals surface area contributed by atoms with Crippen LogP contribution in [0.5, 0.6) is 0 Å². The molecule has 0 radical (unpaired) electrons. The topological polar surface area (TPSA) is 24.9 Å².